The number of imidazole rings is 1. The molecular formula is C22H29N4O2S+. The van der Waals surface area contributed by atoms with E-state index < -0.39 is 10.0 Å². The Morgan fingerprint density at radius 2 is 1.83 bits per heavy atom. The van der Waals surface area contributed by atoms with Crippen molar-refractivity contribution >= 4 is 21.1 Å². The van der Waals surface area contributed by atoms with Gasteiger partial charge in [0.25, 0.3) is 0 Å². The number of sulfonamides is 1. The normalized spacial score (nSPS) is 20.4. The largest absolute Gasteiger partial charge is 0.337 e. The Kier molecular flexibility index (Phi) is 5.72. The molecule has 0 spiro atoms. The minimum absolute atomic E-state index is 0.291. The molecule has 7 heteroatoms. The smallest absolute Gasteiger partial charge is 0.242 e. The van der Waals surface area contributed by atoms with Gasteiger partial charge in [0, 0.05) is 14.1 Å². The average Bonchev–Trinajstić information content (AvgIpc) is 3.11. The predicted molar refractivity (Wildman–Crippen MR) is 114 cm³/mol. The van der Waals surface area contributed by atoms with E-state index in [9.17, 15) is 8.42 Å². The van der Waals surface area contributed by atoms with Crippen LogP contribution in [0.15, 0.2) is 53.4 Å². The molecule has 0 bridgehead atoms. The van der Waals surface area contributed by atoms with Crippen molar-refractivity contribution in [2.24, 2.45) is 5.92 Å². The number of aromatic nitrogens is 2. The minimum Gasteiger partial charge on any atom is -0.337 e. The lowest BCUT2D eigenvalue weighted by molar-refractivity contribution is -0.920. The fourth-order valence-corrected chi connectivity index (χ4v) is 5.08. The molecule has 1 fully saturated rings. The highest BCUT2D eigenvalue weighted by Gasteiger charge is 2.24. The zero-order valence-electron chi connectivity index (χ0n) is 17.1. The molecule has 2 aromatic carbocycles. The number of fused-ring (bicyclic) bond motifs is 1. The van der Waals surface area contributed by atoms with Crippen molar-refractivity contribution in [2.45, 2.75) is 30.7 Å². The molecule has 1 aliphatic rings. The van der Waals surface area contributed by atoms with Crippen molar-refractivity contribution in [1.82, 2.24) is 14.3 Å². The molecule has 0 amide bonds. The summed E-state index contributed by atoms with van der Waals surface area (Å²) in [5.41, 5.74) is 3.03. The third-order valence-corrected chi connectivity index (χ3v) is 7.69. The summed E-state index contributed by atoms with van der Waals surface area (Å²) in [4.78, 5) is 9.83. The van der Waals surface area contributed by atoms with Crippen molar-refractivity contribution < 1.29 is 13.3 Å². The first kappa shape index (κ1) is 20.1. The van der Waals surface area contributed by atoms with Crippen molar-refractivity contribution in [3.05, 3.63) is 59.9 Å². The second kappa shape index (κ2) is 8.26. The third-order valence-electron chi connectivity index (χ3n) is 5.88. The van der Waals surface area contributed by atoms with Gasteiger partial charge in [0.1, 0.15) is 6.54 Å². The Bertz CT molecular complexity index is 1070. The van der Waals surface area contributed by atoms with Gasteiger partial charge in [-0.25, -0.2) is 17.7 Å². The lowest BCUT2D eigenvalue weighted by Gasteiger charge is -2.28. The Morgan fingerprint density at radius 1 is 1.10 bits per heavy atom. The zero-order chi connectivity index (χ0) is 20.4. The van der Waals surface area contributed by atoms with E-state index in [1.54, 1.807) is 32.3 Å². The molecule has 2 heterocycles. The molecule has 2 N–H and O–H groups in total. The van der Waals surface area contributed by atoms with Crippen molar-refractivity contribution in [3.8, 4) is 0 Å². The Hall–Kier alpha value is -2.22. The number of piperidine rings is 1. The number of hydrogen-bond acceptors (Lipinski definition) is 3. The molecule has 3 aromatic rings. The second-order valence-corrected chi connectivity index (χ2v) is 10.4. The summed E-state index contributed by atoms with van der Waals surface area (Å²) >= 11 is 0. The molecule has 1 aromatic heterocycles. The van der Waals surface area contributed by atoms with Gasteiger partial charge in [-0.2, -0.15) is 0 Å². The number of likely N-dealkylation sites (tertiary alicyclic amines) is 1. The molecule has 1 aliphatic heterocycles. The van der Waals surface area contributed by atoms with E-state index in [4.69, 9.17) is 0 Å². The summed E-state index contributed by atoms with van der Waals surface area (Å²) in [7, 11) is -0.349. The summed E-state index contributed by atoms with van der Waals surface area (Å²) in [5, 5.41) is 0. The molecule has 154 valence electrons. The standard InChI is InChI=1S/C22H28N4O2S/c1-25(2)29(27,28)19-8-9-20-21(15-19)24-22(23-20)16-26-12-10-18(11-13-26)14-17-6-4-3-5-7-17/h3-9,15,18H,10-14,16H2,1-2H3,(H,23,24)/p+1. The van der Waals surface area contributed by atoms with E-state index >= 15 is 0 Å². The van der Waals surface area contributed by atoms with Crippen LogP contribution in [0.2, 0.25) is 0 Å². The van der Waals surface area contributed by atoms with Crippen LogP contribution in [0.25, 0.3) is 11.0 Å². The monoisotopic (exact) mass is 413 g/mol. The maximum atomic E-state index is 12.3. The molecule has 29 heavy (non-hydrogen) atoms. The average molecular weight is 414 g/mol. The van der Waals surface area contributed by atoms with Crippen LogP contribution < -0.4 is 4.90 Å². The highest BCUT2D eigenvalue weighted by molar-refractivity contribution is 7.89. The number of aromatic amines is 1. The molecule has 6 nitrogen and oxygen atoms in total. The van der Waals surface area contributed by atoms with Gasteiger partial charge in [-0.05, 0) is 48.9 Å². The van der Waals surface area contributed by atoms with Gasteiger partial charge in [-0.3, -0.25) is 0 Å². The van der Waals surface area contributed by atoms with Crippen LogP contribution in [0.5, 0.6) is 0 Å². The highest BCUT2D eigenvalue weighted by Crippen LogP contribution is 2.20. The van der Waals surface area contributed by atoms with Crippen LogP contribution in [0.1, 0.15) is 24.2 Å². The Balaban J connectivity index is 1.39. The van der Waals surface area contributed by atoms with E-state index in [0.717, 1.165) is 42.4 Å². The number of quaternary nitrogens is 1. The second-order valence-electron chi connectivity index (χ2n) is 8.21. The van der Waals surface area contributed by atoms with Crippen LogP contribution >= 0.6 is 0 Å². The number of nitrogens with one attached hydrogen (secondary N) is 2. The molecule has 0 radical (unpaired) electrons. The fraction of sp³-hybridized carbons (Fsp3) is 0.409. The lowest BCUT2D eigenvalue weighted by atomic mass is 9.90. The van der Waals surface area contributed by atoms with Gasteiger partial charge in [-0.1, -0.05) is 30.3 Å². The molecule has 0 unspecified atom stereocenters. The zero-order valence-corrected chi connectivity index (χ0v) is 17.9. The van der Waals surface area contributed by atoms with E-state index in [-0.39, 0.29) is 0 Å². The summed E-state index contributed by atoms with van der Waals surface area (Å²) < 4.78 is 25.9. The third kappa shape index (κ3) is 4.52. The minimum atomic E-state index is -3.44. The molecular weight excluding hydrogens is 384 g/mol. The topological polar surface area (TPSA) is 70.5 Å². The summed E-state index contributed by atoms with van der Waals surface area (Å²) in [5.74, 6) is 1.69. The maximum absolute atomic E-state index is 12.3. The summed E-state index contributed by atoms with van der Waals surface area (Å²) in [6.45, 7) is 3.14. The van der Waals surface area contributed by atoms with Gasteiger partial charge >= 0.3 is 0 Å². The van der Waals surface area contributed by atoms with Gasteiger partial charge in [0.15, 0.2) is 5.82 Å². The van der Waals surface area contributed by atoms with Crippen molar-refractivity contribution in [3.63, 3.8) is 0 Å². The molecule has 1 saturated heterocycles. The van der Waals surface area contributed by atoms with Crippen LogP contribution in [-0.4, -0.2) is 49.9 Å². The van der Waals surface area contributed by atoms with Crippen LogP contribution in [-0.2, 0) is 23.0 Å². The van der Waals surface area contributed by atoms with Gasteiger partial charge < -0.3 is 9.88 Å². The first-order chi connectivity index (χ1) is 13.9. The number of rotatable bonds is 6. The van der Waals surface area contributed by atoms with Crippen LogP contribution in [0.4, 0.5) is 0 Å². The molecule has 0 saturated carbocycles. The predicted octanol–water partition coefficient (Wildman–Crippen LogP) is 1.85. The number of hydrogen-bond donors (Lipinski definition) is 2. The first-order valence-corrected chi connectivity index (χ1v) is 11.6. The SMILES string of the molecule is CN(C)S(=O)(=O)c1ccc2nc(C[NH+]3CCC(Cc4ccccc4)CC3)[nH]c2c1. The quantitative estimate of drug-likeness (QED) is 0.648. The van der Waals surface area contributed by atoms with E-state index in [2.05, 4.69) is 40.3 Å². The van der Waals surface area contributed by atoms with Gasteiger partial charge in [-0.15, -0.1) is 0 Å². The Morgan fingerprint density at radius 3 is 2.52 bits per heavy atom. The maximum Gasteiger partial charge on any atom is 0.242 e. The number of benzene rings is 2. The summed E-state index contributed by atoms with van der Waals surface area (Å²) in [6.07, 6.45) is 3.63. The molecule has 0 atom stereocenters. The van der Waals surface area contributed by atoms with E-state index in [1.165, 1.54) is 34.0 Å². The molecule has 4 rings (SSSR count). The van der Waals surface area contributed by atoms with E-state index in [0.29, 0.717) is 4.90 Å². The van der Waals surface area contributed by atoms with Crippen LogP contribution in [0, 0.1) is 5.92 Å². The highest BCUT2D eigenvalue weighted by atomic mass is 32.2. The number of H-pyrrole nitrogens is 1. The number of nitrogens with zero attached hydrogens (tertiary/aromatic N) is 2. The molecule has 0 aliphatic carbocycles. The Labute approximate surface area is 172 Å². The van der Waals surface area contributed by atoms with E-state index in [1.807, 2.05) is 0 Å². The van der Waals surface area contributed by atoms with Gasteiger partial charge in [0.2, 0.25) is 10.0 Å². The van der Waals surface area contributed by atoms with Crippen molar-refractivity contribution in [2.75, 3.05) is 27.2 Å². The van der Waals surface area contributed by atoms with Crippen molar-refractivity contribution in [1.29, 1.82) is 0 Å². The fourth-order valence-electron chi connectivity index (χ4n) is 4.15. The van der Waals surface area contributed by atoms with Crippen LogP contribution in [0.3, 0.4) is 0 Å². The first-order valence-electron chi connectivity index (χ1n) is 10.2. The van der Waals surface area contributed by atoms with Gasteiger partial charge in [0.05, 0.1) is 29.0 Å². The lowest BCUT2D eigenvalue weighted by Crippen LogP contribution is -3.11. The summed E-state index contributed by atoms with van der Waals surface area (Å²) in [6, 6.07) is 15.8.